The number of alkyl halides is 2. The van der Waals surface area contributed by atoms with Crippen molar-refractivity contribution in [3.63, 3.8) is 0 Å². The maximum atomic E-state index is 13.0. The first-order valence-electron chi connectivity index (χ1n) is 5.61. The molecule has 0 radical (unpaired) electrons. The van der Waals surface area contributed by atoms with E-state index in [4.69, 9.17) is 0 Å². The van der Waals surface area contributed by atoms with Gasteiger partial charge in [-0.25, -0.2) is 4.98 Å². The fourth-order valence-corrected chi connectivity index (χ4v) is 2.52. The summed E-state index contributed by atoms with van der Waals surface area (Å²) in [6, 6.07) is 1.29. The van der Waals surface area contributed by atoms with Gasteiger partial charge in [0.2, 0.25) is 11.7 Å². The number of ether oxygens (including phenoxy) is 2. The van der Waals surface area contributed by atoms with Gasteiger partial charge in [-0.2, -0.15) is 0 Å². The molecule has 0 aromatic carbocycles. The van der Waals surface area contributed by atoms with Crippen molar-refractivity contribution in [2.75, 3.05) is 11.4 Å². The van der Waals surface area contributed by atoms with Crippen LogP contribution >= 0.6 is 0 Å². The van der Waals surface area contributed by atoms with Gasteiger partial charge in [0.1, 0.15) is 0 Å². The van der Waals surface area contributed by atoms with Gasteiger partial charge in [-0.05, 0) is 12.3 Å². The molecule has 0 bridgehead atoms. The highest BCUT2D eigenvalue weighted by Gasteiger charge is 2.54. The zero-order valence-electron chi connectivity index (χ0n) is 9.10. The molecule has 3 heterocycles. The van der Waals surface area contributed by atoms with E-state index in [9.17, 15) is 13.6 Å². The smallest absolute Gasteiger partial charge is 0.395 e. The van der Waals surface area contributed by atoms with E-state index in [1.165, 1.54) is 17.2 Å². The number of carbonyl (C=O) groups excluding carboxylic acids is 1. The summed E-state index contributed by atoms with van der Waals surface area (Å²) in [6.45, 7) is 0.516. The predicted molar refractivity (Wildman–Crippen MR) is 54.4 cm³/mol. The number of anilines is 1. The molecule has 2 atom stereocenters. The molecule has 1 saturated heterocycles. The maximum absolute atomic E-state index is 13.0. The van der Waals surface area contributed by atoms with Crippen molar-refractivity contribution in [3.05, 3.63) is 12.3 Å². The molecule has 3 aliphatic rings. The molecular weight excluding hydrogens is 246 g/mol. The van der Waals surface area contributed by atoms with E-state index in [0.29, 0.717) is 12.5 Å². The molecular formula is C11H8F2N2O3. The van der Waals surface area contributed by atoms with E-state index >= 15 is 0 Å². The summed E-state index contributed by atoms with van der Waals surface area (Å²) >= 11 is 0. The highest BCUT2D eigenvalue weighted by Crippen LogP contribution is 2.51. The normalized spacial score (nSPS) is 30.6. The summed E-state index contributed by atoms with van der Waals surface area (Å²) in [7, 11) is 0. The molecule has 4 rings (SSSR count). The van der Waals surface area contributed by atoms with Crippen LogP contribution in [-0.4, -0.2) is 23.7 Å². The molecule has 1 amide bonds. The number of rotatable bonds is 1. The van der Waals surface area contributed by atoms with Gasteiger partial charge in [-0.1, -0.05) is 0 Å². The number of hydrogen-bond donors (Lipinski definition) is 0. The van der Waals surface area contributed by atoms with Crippen molar-refractivity contribution in [1.29, 1.82) is 0 Å². The summed E-state index contributed by atoms with van der Waals surface area (Å²) in [4.78, 5) is 17.3. The van der Waals surface area contributed by atoms with Gasteiger partial charge < -0.3 is 9.47 Å². The van der Waals surface area contributed by atoms with Crippen molar-refractivity contribution in [2.45, 2.75) is 12.7 Å². The lowest BCUT2D eigenvalue weighted by Gasteiger charge is -2.18. The van der Waals surface area contributed by atoms with Crippen LogP contribution in [0.25, 0.3) is 0 Å². The molecule has 1 aromatic rings. The lowest BCUT2D eigenvalue weighted by Crippen LogP contribution is -2.30. The van der Waals surface area contributed by atoms with Crippen LogP contribution in [0.1, 0.15) is 6.42 Å². The van der Waals surface area contributed by atoms with E-state index in [0.717, 1.165) is 6.42 Å². The van der Waals surface area contributed by atoms with E-state index in [1.54, 1.807) is 0 Å². The lowest BCUT2D eigenvalue weighted by atomic mass is 10.3. The molecule has 5 nitrogen and oxygen atoms in total. The van der Waals surface area contributed by atoms with Crippen LogP contribution in [0.2, 0.25) is 0 Å². The topological polar surface area (TPSA) is 51.7 Å². The van der Waals surface area contributed by atoms with Crippen LogP contribution in [0.4, 0.5) is 14.6 Å². The minimum Gasteiger partial charge on any atom is -0.395 e. The Morgan fingerprint density at radius 2 is 2.28 bits per heavy atom. The second-order valence-electron chi connectivity index (χ2n) is 4.68. The number of piperidine rings is 1. The first-order valence-corrected chi connectivity index (χ1v) is 5.61. The summed E-state index contributed by atoms with van der Waals surface area (Å²) in [6.07, 6.45) is -1.47. The van der Waals surface area contributed by atoms with Crippen molar-refractivity contribution >= 4 is 11.7 Å². The SMILES string of the molecule is O=C1[C@@H]2C[C@@H]2CN1c1nccc2c1OC(F)(F)O2. The first kappa shape index (κ1) is 10.0. The fourth-order valence-electron chi connectivity index (χ4n) is 2.52. The molecule has 1 aliphatic carbocycles. The highest BCUT2D eigenvalue weighted by atomic mass is 19.3. The van der Waals surface area contributed by atoms with Crippen molar-refractivity contribution in [1.82, 2.24) is 4.98 Å². The molecule has 7 heteroatoms. The fraction of sp³-hybridized carbons (Fsp3) is 0.455. The van der Waals surface area contributed by atoms with Crippen molar-refractivity contribution in [3.8, 4) is 11.5 Å². The van der Waals surface area contributed by atoms with Crippen LogP contribution < -0.4 is 14.4 Å². The molecule has 2 aliphatic heterocycles. The number of fused-ring (bicyclic) bond motifs is 2. The highest BCUT2D eigenvalue weighted by molar-refractivity contribution is 6.00. The quantitative estimate of drug-likeness (QED) is 0.759. The van der Waals surface area contributed by atoms with Gasteiger partial charge in [0.15, 0.2) is 11.6 Å². The Labute approximate surface area is 100 Å². The maximum Gasteiger partial charge on any atom is 0.586 e. The Morgan fingerprint density at radius 1 is 1.44 bits per heavy atom. The van der Waals surface area contributed by atoms with Gasteiger partial charge in [0, 0.05) is 24.7 Å². The van der Waals surface area contributed by atoms with Crippen molar-refractivity contribution < 1.29 is 23.0 Å². The predicted octanol–water partition coefficient (Wildman–Crippen LogP) is 1.39. The summed E-state index contributed by atoms with van der Waals surface area (Å²) in [5.74, 6) is 0.181. The van der Waals surface area contributed by atoms with Gasteiger partial charge in [-0.15, -0.1) is 8.78 Å². The average molecular weight is 254 g/mol. The largest absolute Gasteiger partial charge is 0.586 e. The van der Waals surface area contributed by atoms with Gasteiger partial charge >= 0.3 is 6.29 Å². The summed E-state index contributed by atoms with van der Waals surface area (Å²) in [5.41, 5.74) is 0. The van der Waals surface area contributed by atoms with E-state index in [-0.39, 0.29) is 29.1 Å². The monoisotopic (exact) mass is 254 g/mol. The van der Waals surface area contributed by atoms with Crippen LogP contribution in [0.3, 0.4) is 0 Å². The third-order valence-electron chi connectivity index (χ3n) is 3.48. The minimum absolute atomic E-state index is 0.0329. The van der Waals surface area contributed by atoms with Crippen LogP contribution in [0.15, 0.2) is 12.3 Å². The van der Waals surface area contributed by atoms with E-state index < -0.39 is 6.29 Å². The number of aromatic nitrogens is 1. The van der Waals surface area contributed by atoms with Crippen LogP contribution in [0, 0.1) is 11.8 Å². The molecule has 94 valence electrons. The van der Waals surface area contributed by atoms with Crippen molar-refractivity contribution in [2.24, 2.45) is 11.8 Å². The number of hydrogen-bond acceptors (Lipinski definition) is 4. The number of carbonyl (C=O) groups is 1. The van der Waals surface area contributed by atoms with E-state index in [2.05, 4.69) is 14.5 Å². The number of halogens is 2. The number of nitrogens with zero attached hydrogens (tertiary/aromatic N) is 2. The standard InChI is InChI=1S/C11H8F2N2O3/c12-11(13)17-7-1-2-14-9(8(7)18-11)15-4-5-3-6(5)10(15)16/h1-2,5-6H,3-4H2/t5-,6-/m1/s1. The van der Waals surface area contributed by atoms with Gasteiger partial charge in [0.05, 0.1) is 0 Å². The molecule has 0 N–H and O–H groups in total. The number of amides is 1. The van der Waals surface area contributed by atoms with E-state index in [1.807, 2.05) is 0 Å². The lowest BCUT2D eigenvalue weighted by molar-refractivity contribution is -0.286. The molecule has 0 spiro atoms. The molecule has 1 aromatic heterocycles. The second-order valence-corrected chi connectivity index (χ2v) is 4.68. The first-order chi connectivity index (χ1) is 8.55. The van der Waals surface area contributed by atoms with Gasteiger partial charge in [0.25, 0.3) is 0 Å². The minimum atomic E-state index is -3.69. The third kappa shape index (κ3) is 1.24. The zero-order valence-corrected chi connectivity index (χ0v) is 9.10. The second kappa shape index (κ2) is 2.90. The molecule has 1 saturated carbocycles. The zero-order chi connectivity index (χ0) is 12.5. The Bertz CT molecular complexity index is 563. The van der Waals surface area contributed by atoms with Crippen LogP contribution in [0.5, 0.6) is 11.5 Å². The molecule has 0 unspecified atom stereocenters. The Balaban J connectivity index is 1.75. The Hall–Kier alpha value is -1.92. The molecule has 18 heavy (non-hydrogen) atoms. The Kier molecular flexibility index (Phi) is 1.62. The van der Waals surface area contributed by atoms with Gasteiger partial charge in [-0.3, -0.25) is 9.69 Å². The average Bonchev–Trinajstić information content (AvgIpc) is 2.90. The molecule has 2 fully saturated rings. The number of pyridine rings is 1. The van der Waals surface area contributed by atoms with Crippen LogP contribution in [-0.2, 0) is 4.79 Å². The summed E-state index contributed by atoms with van der Waals surface area (Å²) in [5, 5.41) is 0. The third-order valence-corrected chi connectivity index (χ3v) is 3.48. The summed E-state index contributed by atoms with van der Waals surface area (Å²) < 4.78 is 34.8. The Morgan fingerprint density at radius 3 is 3.00 bits per heavy atom.